The normalized spacial score (nSPS) is 14.7. The number of phenolic OH excluding ortho intramolecular Hbond substituents is 1. The minimum Gasteiger partial charge on any atom is -0.508 e. The van der Waals surface area contributed by atoms with E-state index in [0.717, 1.165) is 30.2 Å². The van der Waals surface area contributed by atoms with Gasteiger partial charge in [0.05, 0.1) is 0 Å². The smallest absolute Gasteiger partial charge is 0.119 e. The quantitative estimate of drug-likeness (QED) is 0.791. The standard InChI is InChI=1S/C19H23ClN2O2/c20-19-13-17(23)6-3-15(19)14-21-16-4-7-18(8-5-16)24-12-11-22-9-1-2-10-22/h3-8,13,21,23H,1-2,9-12,14H2. The molecule has 0 spiro atoms. The summed E-state index contributed by atoms with van der Waals surface area (Å²) in [6.45, 7) is 4.74. The lowest BCUT2D eigenvalue weighted by Crippen LogP contribution is -2.25. The fraction of sp³-hybridized carbons (Fsp3) is 0.368. The van der Waals surface area contributed by atoms with Crippen molar-refractivity contribution < 1.29 is 9.84 Å². The third-order valence-corrected chi connectivity index (χ3v) is 4.60. The largest absolute Gasteiger partial charge is 0.508 e. The average molecular weight is 347 g/mol. The van der Waals surface area contributed by atoms with Gasteiger partial charge in [0.1, 0.15) is 18.1 Å². The van der Waals surface area contributed by atoms with Crippen LogP contribution in [0.1, 0.15) is 18.4 Å². The van der Waals surface area contributed by atoms with Crippen LogP contribution in [-0.4, -0.2) is 36.2 Å². The fourth-order valence-corrected chi connectivity index (χ4v) is 3.09. The molecule has 0 aliphatic carbocycles. The lowest BCUT2D eigenvalue weighted by Gasteiger charge is -2.15. The number of aromatic hydroxyl groups is 1. The van der Waals surface area contributed by atoms with Crippen molar-refractivity contribution in [1.29, 1.82) is 0 Å². The third kappa shape index (κ3) is 4.79. The van der Waals surface area contributed by atoms with Crippen LogP contribution in [0.25, 0.3) is 0 Å². The van der Waals surface area contributed by atoms with Crippen molar-refractivity contribution in [2.24, 2.45) is 0 Å². The lowest BCUT2D eigenvalue weighted by molar-refractivity contribution is 0.238. The summed E-state index contributed by atoms with van der Waals surface area (Å²) in [5.41, 5.74) is 1.95. The minimum atomic E-state index is 0.180. The summed E-state index contributed by atoms with van der Waals surface area (Å²) < 4.78 is 5.80. The Morgan fingerprint density at radius 3 is 2.54 bits per heavy atom. The van der Waals surface area contributed by atoms with Crippen LogP contribution >= 0.6 is 11.6 Å². The Bertz CT molecular complexity index is 655. The molecule has 3 rings (SSSR count). The van der Waals surface area contributed by atoms with Crippen LogP contribution in [0, 0.1) is 0 Å². The molecule has 1 aliphatic heterocycles. The number of anilines is 1. The number of likely N-dealkylation sites (tertiary alicyclic amines) is 1. The minimum absolute atomic E-state index is 0.180. The van der Waals surface area contributed by atoms with Crippen molar-refractivity contribution >= 4 is 17.3 Å². The van der Waals surface area contributed by atoms with E-state index in [1.54, 1.807) is 12.1 Å². The van der Waals surface area contributed by atoms with Gasteiger partial charge in [0.15, 0.2) is 0 Å². The van der Waals surface area contributed by atoms with Crippen molar-refractivity contribution in [1.82, 2.24) is 4.90 Å². The van der Waals surface area contributed by atoms with Gasteiger partial charge in [-0.05, 0) is 67.9 Å². The van der Waals surface area contributed by atoms with E-state index < -0.39 is 0 Å². The van der Waals surface area contributed by atoms with E-state index >= 15 is 0 Å². The van der Waals surface area contributed by atoms with Crippen molar-refractivity contribution in [3.05, 3.63) is 53.1 Å². The first kappa shape index (κ1) is 16.9. The van der Waals surface area contributed by atoms with E-state index in [-0.39, 0.29) is 5.75 Å². The maximum Gasteiger partial charge on any atom is 0.119 e. The van der Waals surface area contributed by atoms with Gasteiger partial charge in [-0.3, -0.25) is 4.90 Å². The molecule has 1 saturated heterocycles. The molecular formula is C19H23ClN2O2. The molecule has 2 aromatic rings. The SMILES string of the molecule is Oc1ccc(CNc2ccc(OCCN3CCCC3)cc2)c(Cl)c1. The van der Waals surface area contributed by atoms with Crippen molar-refractivity contribution in [2.45, 2.75) is 19.4 Å². The molecule has 0 bridgehead atoms. The fourth-order valence-electron chi connectivity index (χ4n) is 2.84. The molecule has 1 fully saturated rings. The van der Waals surface area contributed by atoms with Gasteiger partial charge in [-0.25, -0.2) is 0 Å². The average Bonchev–Trinajstić information content (AvgIpc) is 3.09. The van der Waals surface area contributed by atoms with Crippen LogP contribution in [0.3, 0.4) is 0 Å². The Morgan fingerprint density at radius 2 is 1.83 bits per heavy atom. The summed E-state index contributed by atoms with van der Waals surface area (Å²) in [4.78, 5) is 2.44. The molecule has 0 atom stereocenters. The predicted octanol–water partition coefficient (Wildman–Crippen LogP) is 4.13. The Kier molecular flexibility index (Phi) is 5.83. The van der Waals surface area contributed by atoms with E-state index in [1.807, 2.05) is 30.3 Å². The van der Waals surface area contributed by atoms with E-state index in [9.17, 15) is 5.11 Å². The number of benzene rings is 2. The van der Waals surface area contributed by atoms with Gasteiger partial charge < -0.3 is 15.2 Å². The van der Waals surface area contributed by atoms with Crippen molar-refractivity contribution in [3.8, 4) is 11.5 Å². The molecule has 24 heavy (non-hydrogen) atoms. The van der Waals surface area contributed by atoms with E-state index in [4.69, 9.17) is 16.3 Å². The third-order valence-electron chi connectivity index (χ3n) is 4.25. The second-order valence-electron chi connectivity index (χ2n) is 6.05. The summed E-state index contributed by atoms with van der Waals surface area (Å²) in [6, 6.07) is 13.0. The zero-order chi connectivity index (χ0) is 16.8. The Labute approximate surface area is 148 Å². The molecule has 128 valence electrons. The first-order chi connectivity index (χ1) is 11.7. The predicted molar refractivity (Wildman–Crippen MR) is 98.1 cm³/mol. The van der Waals surface area contributed by atoms with Crippen LogP contribution in [0.4, 0.5) is 5.69 Å². The molecule has 0 radical (unpaired) electrons. The van der Waals surface area contributed by atoms with Crippen LogP contribution in [-0.2, 0) is 6.54 Å². The van der Waals surface area contributed by atoms with Crippen molar-refractivity contribution in [2.75, 3.05) is 31.6 Å². The highest BCUT2D eigenvalue weighted by Gasteiger charge is 2.10. The summed E-state index contributed by atoms with van der Waals surface area (Å²) in [5, 5.41) is 13.3. The first-order valence-electron chi connectivity index (χ1n) is 8.37. The Hall–Kier alpha value is -1.91. The van der Waals surface area contributed by atoms with Gasteiger partial charge in [-0.15, -0.1) is 0 Å². The van der Waals surface area contributed by atoms with Crippen LogP contribution in [0.5, 0.6) is 11.5 Å². The molecule has 0 amide bonds. The van der Waals surface area contributed by atoms with Gasteiger partial charge >= 0.3 is 0 Å². The Morgan fingerprint density at radius 1 is 1.08 bits per heavy atom. The number of nitrogens with one attached hydrogen (secondary N) is 1. The van der Waals surface area contributed by atoms with E-state index in [0.29, 0.717) is 11.6 Å². The molecule has 4 nitrogen and oxygen atoms in total. The van der Waals surface area contributed by atoms with Gasteiger partial charge in [-0.1, -0.05) is 17.7 Å². The van der Waals surface area contributed by atoms with Crippen LogP contribution < -0.4 is 10.1 Å². The zero-order valence-electron chi connectivity index (χ0n) is 13.7. The maximum absolute atomic E-state index is 9.37. The highest BCUT2D eigenvalue weighted by Crippen LogP contribution is 2.23. The number of halogens is 1. The first-order valence-corrected chi connectivity index (χ1v) is 8.75. The molecule has 1 aliphatic rings. The number of phenols is 1. The highest BCUT2D eigenvalue weighted by atomic mass is 35.5. The summed E-state index contributed by atoms with van der Waals surface area (Å²) >= 11 is 6.11. The zero-order valence-corrected chi connectivity index (χ0v) is 14.4. The maximum atomic E-state index is 9.37. The van der Waals surface area contributed by atoms with Crippen LogP contribution in [0.2, 0.25) is 5.02 Å². The molecule has 2 aromatic carbocycles. The lowest BCUT2D eigenvalue weighted by atomic mass is 10.2. The molecule has 2 N–H and O–H groups in total. The molecule has 0 saturated carbocycles. The molecule has 5 heteroatoms. The van der Waals surface area contributed by atoms with Crippen molar-refractivity contribution in [3.63, 3.8) is 0 Å². The monoisotopic (exact) mass is 346 g/mol. The van der Waals surface area contributed by atoms with Gasteiger partial charge in [0.2, 0.25) is 0 Å². The summed E-state index contributed by atoms with van der Waals surface area (Å²) in [5.74, 6) is 1.07. The number of rotatable bonds is 7. The Balaban J connectivity index is 1.45. The van der Waals surface area contributed by atoms with E-state index in [2.05, 4.69) is 10.2 Å². The highest BCUT2D eigenvalue weighted by molar-refractivity contribution is 6.31. The summed E-state index contributed by atoms with van der Waals surface area (Å²) in [7, 11) is 0. The van der Waals surface area contributed by atoms with Gasteiger partial charge in [-0.2, -0.15) is 0 Å². The van der Waals surface area contributed by atoms with E-state index in [1.165, 1.54) is 25.9 Å². The molecule has 0 unspecified atom stereocenters. The van der Waals surface area contributed by atoms with Gasteiger partial charge in [0, 0.05) is 23.8 Å². The molecule has 0 aromatic heterocycles. The number of hydrogen-bond donors (Lipinski definition) is 2. The van der Waals surface area contributed by atoms with Gasteiger partial charge in [0.25, 0.3) is 0 Å². The second kappa shape index (κ2) is 8.27. The topological polar surface area (TPSA) is 44.7 Å². The number of ether oxygens (including phenoxy) is 1. The molecule has 1 heterocycles. The number of hydrogen-bond acceptors (Lipinski definition) is 4. The summed E-state index contributed by atoms with van der Waals surface area (Å²) in [6.07, 6.45) is 2.62. The molecular weight excluding hydrogens is 324 g/mol. The second-order valence-corrected chi connectivity index (χ2v) is 6.46. The van der Waals surface area contributed by atoms with Crippen LogP contribution in [0.15, 0.2) is 42.5 Å². The number of nitrogens with zero attached hydrogens (tertiary/aromatic N) is 1.